The van der Waals surface area contributed by atoms with Crippen LogP contribution in [0.4, 0.5) is 0 Å². The van der Waals surface area contributed by atoms with Gasteiger partial charge in [0.2, 0.25) is 0 Å². The van der Waals surface area contributed by atoms with E-state index in [4.69, 9.17) is 0 Å². The van der Waals surface area contributed by atoms with Gasteiger partial charge in [-0.25, -0.2) is 8.42 Å². The molecule has 1 aromatic heterocycles. The molecule has 5 heteroatoms. The van der Waals surface area contributed by atoms with Gasteiger partial charge in [-0.15, -0.1) is 11.3 Å². The van der Waals surface area contributed by atoms with Crippen molar-refractivity contribution in [3.63, 3.8) is 0 Å². The molecule has 0 fully saturated rings. The summed E-state index contributed by atoms with van der Waals surface area (Å²) in [4.78, 5) is 0. The van der Waals surface area contributed by atoms with E-state index in [9.17, 15) is 8.42 Å². The summed E-state index contributed by atoms with van der Waals surface area (Å²) in [5.41, 5.74) is 0.958. The van der Waals surface area contributed by atoms with Crippen LogP contribution in [0.2, 0.25) is 0 Å². The molecule has 0 saturated carbocycles. The average Bonchev–Trinajstić information content (AvgIpc) is 2.64. The van der Waals surface area contributed by atoms with Gasteiger partial charge in [-0.05, 0) is 36.9 Å². The lowest BCUT2D eigenvalue weighted by atomic mass is 10.1. The van der Waals surface area contributed by atoms with Crippen LogP contribution in [-0.4, -0.2) is 20.2 Å². The van der Waals surface area contributed by atoms with Gasteiger partial charge in [0.15, 0.2) is 9.84 Å². The summed E-state index contributed by atoms with van der Waals surface area (Å²) in [6, 6.07) is 2.13. The Bertz CT molecular complexity index is 450. The molecule has 0 saturated heterocycles. The minimum Gasteiger partial charge on any atom is -0.310 e. The van der Waals surface area contributed by atoms with Crippen LogP contribution in [0, 0.1) is 0 Å². The summed E-state index contributed by atoms with van der Waals surface area (Å²) < 4.78 is 24.6. The maximum absolute atomic E-state index is 12.0. The third-order valence-electron chi connectivity index (χ3n) is 2.84. The Balaban J connectivity index is 2.48. The molecule has 0 radical (unpaired) electrons. The highest BCUT2D eigenvalue weighted by molar-refractivity contribution is 7.94. The van der Waals surface area contributed by atoms with Crippen molar-refractivity contribution in [3.05, 3.63) is 17.0 Å². The molecule has 0 spiro atoms. The van der Waals surface area contributed by atoms with Crippen LogP contribution < -0.4 is 5.32 Å². The predicted molar refractivity (Wildman–Crippen MR) is 62.0 cm³/mol. The first-order valence-electron chi connectivity index (χ1n) is 5.12. The molecule has 0 aromatic carbocycles. The second-order valence-electron chi connectivity index (χ2n) is 3.86. The summed E-state index contributed by atoms with van der Waals surface area (Å²) in [5.74, 6) is 0. The van der Waals surface area contributed by atoms with Crippen molar-refractivity contribution in [1.82, 2.24) is 5.32 Å². The number of fused-ring (bicyclic) bond motifs is 1. The van der Waals surface area contributed by atoms with Crippen LogP contribution in [0.5, 0.6) is 0 Å². The number of rotatable bonds is 2. The number of sulfone groups is 1. The SMILES string of the molecule is CCN[C@@H]1C[C@H](C)S(=O)(=O)c2sccc21. The van der Waals surface area contributed by atoms with Gasteiger partial charge in [-0.1, -0.05) is 6.92 Å². The van der Waals surface area contributed by atoms with Crippen molar-refractivity contribution in [2.24, 2.45) is 0 Å². The lowest BCUT2D eigenvalue weighted by molar-refractivity contribution is 0.478. The van der Waals surface area contributed by atoms with Crippen LogP contribution in [0.25, 0.3) is 0 Å². The van der Waals surface area contributed by atoms with Crippen molar-refractivity contribution in [2.45, 2.75) is 35.8 Å². The maximum Gasteiger partial charge on any atom is 0.190 e. The third-order valence-corrected chi connectivity index (χ3v) is 6.55. The normalized spacial score (nSPS) is 28.7. The molecule has 2 heterocycles. The van der Waals surface area contributed by atoms with Crippen LogP contribution >= 0.6 is 11.3 Å². The van der Waals surface area contributed by atoms with Crippen LogP contribution in [0.1, 0.15) is 31.9 Å². The molecule has 3 nitrogen and oxygen atoms in total. The van der Waals surface area contributed by atoms with E-state index in [0.29, 0.717) is 10.6 Å². The summed E-state index contributed by atoms with van der Waals surface area (Å²) in [5, 5.41) is 4.93. The Morgan fingerprint density at radius 2 is 2.33 bits per heavy atom. The zero-order valence-corrected chi connectivity index (χ0v) is 10.5. The van der Waals surface area contributed by atoms with E-state index in [2.05, 4.69) is 5.32 Å². The molecule has 1 aromatic rings. The molecule has 1 N–H and O–H groups in total. The summed E-state index contributed by atoms with van der Waals surface area (Å²) >= 11 is 1.34. The second kappa shape index (κ2) is 3.88. The molecule has 2 atom stereocenters. The Morgan fingerprint density at radius 3 is 3.00 bits per heavy atom. The smallest absolute Gasteiger partial charge is 0.190 e. The monoisotopic (exact) mass is 245 g/mol. The molecular formula is C10H15NO2S2. The topological polar surface area (TPSA) is 46.2 Å². The van der Waals surface area contributed by atoms with E-state index in [1.807, 2.05) is 18.4 Å². The highest BCUT2D eigenvalue weighted by atomic mass is 32.2. The van der Waals surface area contributed by atoms with Gasteiger partial charge >= 0.3 is 0 Å². The van der Waals surface area contributed by atoms with Crippen molar-refractivity contribution in [2.75, 3.05) is 6.54 Å². The number of thiophene rings is 1. The Kier molecular flexibility index (Phi) is 2.87. The lowest BCUT2D eigenvalue weighted by Gasteiger charge is -2.27. The van der Waals surface area contributed by atoms with Crippen LogP contribution in [0.3, 0.4) is 0 Å². The van der Waals surface area contributed by atoms with Crippen LogP contribution in [0.15, 0.2) is 15.7 Å². The minimum absolute atomic E-state index is 0.203. The molecule has 0 amide bonds. The van der Waals surface area contributed by atoms with E-state index in [-0.39, 0.29) is 11.3 Å². The molecule has 1 aliphatic heterocycles. The fourth-order valence-electron chi connectivity index (χ4n) is 2.00. The van der Waals surface area contributed by atoms with E-state index >= 15 is 0 Å². The standard InChI is InChI=1S/C10H15NO2S2/c1-3-11-9-6-7(2)15(12,13)10-8(9)4-5-14-10/h4-5,7,9,11H,3,6H2,1-2H3/t7-,9+/m0/s1. The molecular weight excluding hydrogens is 230 g/mol. The highest BCUT2D eigenvalue weighted by Gasteiger charge is 2.36. The molecule has 84 valence electrons. The zero-order chi connectivity index (χ0) is 11.1. The molecule has 15 heavy (non-hydrogen) atoms. The number of hydrogen-bond acceptors (Lipinski definition) is 4. The van der Waals surface area contributed by atoms with E-state index in [0.717, 1.165) is 12.1 Å². The highest BCUT2D eigenvalue weighted by Crippen LogP contribution is 2.39. The fraction of sp³-hybridized carbons (Fsp3) is 0.600. The van der Waals surface area contributed by atoms with Gasteiger partial charge in [0.1, 0.15) is 4.21 Å². The van der Waals surface area contributed by atoms with Gasteiger partial charge in [0, 0.05) is 6.04 Å². The first kappa shape index (κ1) is 11.1. The summed E-state index contributed by atoms with van der Waals surface area (Å²) in [7, 11) is -3.05. The zero-order valence-electron chi connectivity index (χ0n) is 8.86. The van der Waals surface area contributed by atoms with Gasteiger partial charge in [-0.2, -0.15) is 0 Å². The lowest BCUT2D eigenvalue weighted by Crippen LogP contribution is -2.33. The van der Waals surface area contributed by atoms with Gasteiger partial charge in [0.05, 0.1) is 5.25 Å². The van der Waals surface area contributed by atoms with Gasteiger partial charge in [0.25, 0.3) is 0 Å². The van der Waals surface area contributed by atoms with Crippen molar-refractivity contribution < 1.29 is 8.42 Å². The van der Waals surface area contributed by atoms with Gasteiger partial charge < -0.3 is 5.32 Å². The quantitative estimate of drug-likeness (QED) is 0.866. The molecule has 2 rings (SSSR count). The first-order valence-corrected chi connectivity index (χ1v) is 7.54. The number of nitrogens with one attached hydrogen (secondary N) is 1. The van der Waals surface area contributed by atoms with Gasteiger partial charge in [-0.3, -0.25) is 0 Å². The molecule has 0 aliphatic carbocycles. The predicted octanol–water partition coefficient (Wildman–Crippen LogP) is 1.96. The van der Waals surface area contributed by atoms with Crippen molar-refractivity contribution >= 4 is 21.2 Å². The first-order chi connectivity index (χ1) is 7.07. The van der Waals surface area contributed by atoms with E-state index < -0.39 is 9.84 Å². The summed E-state index contributed by atoms with van der Waals surface area (Å²) in [6.07, 6.45) is 0.680. The minimum atomic E-state index is -3.05. The van der Waals surface area contributed by atoms with Crippen molar-refractivity contribution in [1.29, 1.82) is 0 Å². The summed E-state index contributed by atoms with van der Waals surface area (Å²) in [6.45, 7) is 4.70. The van der Waals surface area contributed by atoms with E-state index in [1.54, 1.807) is 6.92 Å². The largest absolute Gasteiger partial charge is 0.310 e. The Hall–Kier alpha value is -0.390. The Morgan fingerprint density at radius 1 is 1.60 bits per heavy atom. The Labute approximate surface area is 94.4 Å². The second-order valence-corrected chi connectivity index (χ2v) is 7.34. The van der Waals surface area contributed by atoms with Crippen molar-refractivity contribution in [3.8, 4) is 0 Å². The van der Waals surface area contributed by atoms with E-state index in [1.165, 1.54) is 11.3 Å². The number of hydrogen-bond donors (Lipinski definition) is 1. The maximum atomic E-state index is 12.0. The fourth-order valence-corrected chi connectivity index (χ4v) is 5.23. The third kappa shape index (κ3) is 1.73. The molecule has 0 unspecified atom stereocenters. The average molecular weight is 245 g/mol. The molecule has 1 aliphatic rings. The molecule has 0 bridgehead atoms. The van der Waals surface area contributed by atoms with Crippen LogP contribution in [-0.2, 0) is 9.84 Å².